The van der Waals surface area contributed by atoms with E-state index >= 15 is 0 Å². The van der Waals surface area contributed by atoms with Crippen molar-refractivity contribution in [2.75, 3.05) is 34.4 Å². The third-order valence-electron chi connectivity index (χ3n) is 4.91. The first kappa shape index (κ1) is 22.4. The summed E-state index contributed by atoms with van der Waals surface area (Å²) in [6.45, 7) is 4.35. The SMILES string of the molecule is CCN1C(=O)C(=Cc2ccc(-c3cc(OC)c(OC)c(OC)c3)o2)C(=O)N(CC)C1=S. The Morgan fingerprint density at radius 2 is 1.48 bits per heavy atom. The van der Waals surface area contributed by atoms with Crippen molar-refractivity contribution in [3.63, 3.8) is 0 Å². The molecule has 0 bridgehead atoms. The van der Waals surface area contributed by atoms with Crippen LogP contribution in [0.3, 0.4) is 0 Å². The van der Waals surface area contributed by atoms with Gasteiger partial charge in [0.25, 0.3) is 11.8 Å². The van der Waals surface area contributed by atoms with E-state index in [1.165, 1.54) is 37.2 Å². The predicted octanol–water partition coefficient (Wildman–Crippen LogP) is 3.35. The molecule has 1 aliphatic heterocycles. The van der Waals surface area contributed by atoms with Gasteiger partial charge in [-0.25, -0.2) is 0 Å². The van der Waals surface area contributed by atoms with Crippen molar-refractivity contribution in [3.05, 3.63) is 35.6 Å². The summed E-state index contributed by atoms with van der Waals surface area (Å²) in [6, 6.07) is 6.93. The Morgan fingerprint density at radius 3 is 1.94 bits per heavy atom. The van der Waals surface area contributed by atoms with E-state index in [4.69, 9.17) is 30.8 Å². The normalized spacial score (nSPS) is 14.2. The minimum Gasteiger partial charge on any atom is -0.493 e. The number of rotatable bonds is 7. The van der Waals surface area contributed by atoms with E-state index in [9.17, 15) is 9.59 Å². The van der Waals surface area contributed by atoms with Gasteiger partial charge in [0.2, 0.25) is 5.75 Å². The van der Waals surface area contributed by atoms with Gasteiger partial charge >= 0.3 is 0 Å². The van der Waals surface area contributed by atoms with Crippen molar-refractivity contribution in [3.8, 4) is 28.6 Å². The minimum absolute atomic E-state index is 0.00286. The molecule has 0 aliphatic carbocycles. The summed E-state index contributed by atoms with van der Waals surface area (Å²) in [6.07, 6.45) is 1.44. The van der Waals surface area contributed by atoms with Crippen LogP contribution in [-0.2, 0) is 9.59 Å². The fraction of sp³-hybridized carbons (Fsp3) is 0.318. The Labute approximate surface area is 186 Å². The Kier molecular flexibility index (Phi) is 6.65. The number of nitrogens with zero attached hydrogens (tertiary/aromatic N) is 2. The maximum absolute atomic E-state index is 12.8. The number of hydrogen-bond donors (Lipinski definition) is 0. The van der Waals surface area contributed by atoms with Crippen LogP contribution in [0.15, 0.2) is 34.3 Å². The van der Waals surface area contributed by atoms with Crippen LogP contribution < -0.4 is 14.2 Å². The number of amides is 2. The molecule has 0 saturated carbocycles. The quantitative estimate of drug-likeness (QED) is 0.368. The van der Waals surface area contributed by atoms with Gasteiger partial charge in [-0.1, -0.05) is 0 Å². The van der Waals surface area contributed by atoms with Crippen molar-refractivity contribution < 1.29 is 28.2 Å². The number of furan rings is 1. The maximum atomic E-state index is 12.8. The Morgan fingerprint density at radius 1 is 0.935 bits per heavy atom. The van der Waals surface area contributed by atoms with Gasteiger partial charge in [0, 0.05) is 18.7 Å². The molecule has 1 aromatic heterocycles. The maximum Gasteiger partial charge on any atom is 0.265 e. The molecule has 2 amide bonds. The van der Waals surface area contributed by atoms with E-state index in [1.807, 2.05) is 0 Å². The van der Waals surface area contributed by atoms with Gasteiger partial charge in [0.1, 0.15) is 17.1 Å². The number of ether oxygens (including phenoxy) is 3. The summed E-state index contributed by atoms with van der Waals surface area (Å²) in [7, 11) is 4.59. The number of likely N-dealkylation sites (N-methyl/N-ethyl adjacent to an activating group) is 2. The molecule has 164 valence electrons. The highest BCUT2D eigenvalue weighted by Gasteiger charge is 2.38. The summed E-state index contributed by atoms with van der Waals surface area (Å²) >= 11 is 5.28. The van der Waals surface area contributed by atoms with Gasteiger partial charge in [0.15, 0.2) is 16.6 Å². The first-order valence-corrected chi connectivity index (χ1v) is 10.1. The Hall–Kier alpha value is -3.33. The van der Waals surface area contributed by atoms with E-state index in [0.29, 0.717) is 47.4 Å². The van der Waals surface area contributed by atoms with Crippen LogP contribution in [0.2, 0.25) is 0 Å². The molecule has 31 heavy (non-hydrogen) atoms. The molecular formula is C22H24N2O6S. The zero-order valence-corrected chi connectivity index (χ0v) is 18.9. The van der Waals surface area contributed by atoms with Crippen LogP contribution in [-0.4, -0.2) is 61.1 Å². The number of carbonyl (C=O) groups excluding carboxylic acids is 2. The third-order valence-corrected chi connectivity index (χ3v) is 5.35. The molecule has 2 aromatic rings. The monoisotopic (exact) mass is 444 g/mol. The second kappa shape index (κ2) is 9.22. The summed E-state index contributed by atoms with van der Waals surface area (Å²) in [4.78, 5) is 28.4. The van der Waals surface area contributed by atoms with Crippen molar-refractivity contribution in [2.24, 2.45) is 0 Å². The summed E-state index contributed by atoms with van der Waals surface area (Å²) in [5.41, 5.74) is 0.690. The highest BCUT2D eigenvalue weighted by Crippen LogP contribution is 2.41. The largest absolute Gasteiger partial charge is 0.493 e. The zero-order valence-electron chi connectivity index (χ0n) is 18.1. The van der Waals surface area contributed by atoms with E-state index in [-0.39, 0.29) is 10.7 Å². The molecule has 0 N–H and O–H groups in total. The topological polar surface area (TPSA) is 81.5 Å². The van der Waals surface area contributed by atoms with Crippen molar-refractivity contribution in [1.82, 2.24) is 9.80 Å². The van der Waals surface area contributed by atoms with Crippen LogP contribution in [0.1, 0.15) is 19.6 Å². The van der Waals surface area contributed by atoms with Gasteiger partial charge in [-0.2, -0.15) is 0 Å². The lowest BCUT2D eigenvalue weighted by Gasteiger charge is -2.35. The van der Waals surface area contributed by atoms with Crippen molar-refractivity contribution in [1.29, 1.82) is 0 Å². The lowest BCUT2D eigenvalue weighted by molar-refractivity contribution is -0.133. The number of carbonyl (C=O) groups is 2. The second-order valence-corrected chi connectivity index (χ2v) is 6.92. The fourth-order valence-electron chi connectivity index (χ4n) is 3.33. The van der Waals surface area contributed by atoms with Crippen molar-refractivity contribution >= 4 is 35.2 Å². The molecular weight excluding hydrogens is 420 g/mol. The average Bonchev–Trinajstić information content (AvgIpc) is 3.25. The molecule has 1 saturated heterocycles. The number of methoxy groups -OCH3 is 3. The van der Waals surface area contributed by atoms with E-state index in [1.54, 1.807) is 38.1 Å². The average molecular weight is 445 g/mol. The number of thiocarbonyl (C=S) groups is 1. The first-order chi connectivity index (χ1) is 14.9. The van der Waals surface area contributed by atoms with Gasteiger partial charge < -0.3 is 18.6 Å². The Balaban J connectivity index is 2.01. The van der Waals surface area contributed by atoms with Crippen LogP contribution in [0.25, 0.3) is 17.4 Å². The van der Waals surface area contributed by atoms with Crippen molar-refractivity contribution in [2.45, 2.75) is 13.8 Å². The molecule has 3 rings (SSSR count). The first-order valence-electron chi connectivity index (χ1n) is 9.69. The molecule has 0 unspecified atom stereocenters. The molecule has 2 heterocycles. The third kappa shape index (κ3) is 4.00. The summed E-state index contributed by atoms with van der Waals surface area (Å²) < 4.78 is 22.0. The van der Waals surface area contributed by atoms with Gasteiger partial charge in [-0.15, -0.1) is 0 Å². The fourth-order valence-corrected chi connectivity index (χ4v) is 3.76. The smallest absolute Gasteiger partial charge is 0.265 e. The molecule has 9 heteroatoms. The molecule has 8 nitrogen and oxygen atoms in total. The number of hydrogen-bond acceptors (Lipinski definition) is 7. The van der Waals surface area contributed by atoms with Crippen LogP contribution in [0.4, 0.5) is 0 Å². The Bertz CT molecular complexity index is 1010. The molecule has 1 aromatic carbocycles. The standard InChI is InChI=1S/C22H24N2O6S/c1-6-23-20(25)15(21(26)24(7-2)22(23)31)12-14-8-9-16(30-14)13-10-17(27-3)19(29-5)18(11-13)28-4/h8-12H,6-7H2,1-5H3. The van der Waals surface area contributed by atoms with Gasteiger partial charge in [-0.05, 0) is 56.4 Å². The lowest BCUT2D eigenvalue weighted by atomic mass is 10.1. The second-order valence-electron chi connectivity index (χ2n) is 6.56. The lowest BCUT2D eigenvalue weighted by Crippen LogP contribution is -2.55. The summed E-state index contributed by atoms with van der Waals surface area (Å²) in [5.74, 6) is 1.43. The van der Waals surface area contributed by atoms with E-state index in [2.05, 4.69) is 0 Å². The highest BCUT2D eigenvalue weighted by atomic mass is 32.1. The molecule has 0 atom stereocenters. The molecule has 0 radical (unpaired) electrons. The van der Waals surface area contributed by atoms with Crippen LogP contribution in [0, 0.1) is 0 Å². The van der Waals surface area contributed by atoms with Crippen LogP contribution >= 0.6 is 12.2 Å². The number of benzene rings is 1. The summed E-state index contributed by atoms with van der Waals surface area (Å²) in [5, 5.41) is 0.217. The molecule has 1 aliphatic rings. The minimum atomic E-state index is -0.437. The predicted molar refractivity (Wildman–Crippen MR) is 119 cm³/mol. The van der Waals surface area contributed by atoms with Gasteiger partial charge in [0.05, 0.1) is 21.3 Å². The molecule has 1 fully saturated rings. The van der Waals surface area contributed by atoms with E-state index in [0.717, 1.165) is 0 Å². The van der Waals surface area contributed by atoms with E-state index < -0.39 is 11.8 Å². The molecule has 0 spiro atoms. The van der Waals surface area contributed by atoms with Gasteiger partial charge in [-0.3, -0.25) is 19.4 Å². The van der Waals surface area contributed by atoms with Crippen LogP contribution in [0.5, 0.6) is 17.2 Å². The highest BCUT2D eigenvalue weighted by molar-refractivity contribution is 7.80. The zero-order chi connectivity index (χ0) is 22.7.